The van der Waals surface area contributed by atoms with E-state index in [4.69, 9.17) is 0 Å². The molecular formula is C10H9N5. The second-order valence-electron chi connectivity index (χ2n) is 3.32. The van der Waals surface area contributed by atoms with Gasteiger partial charge in [-0.3, -0.25) is 0 Å². The van der Waals surface area contributed by atoms with Crippen molar-refractivity contribution in [1.29, 1.82) is 0 Å². The molecule has 3 aromatic rings. The first-order chi connectivity index (χ1) is 7.34. The van der Waals surface area contributed by atoms with Gasteiger partial charge in [-0.25, -0.2) is 14.2 Å². The summed E-state index contributed by atoms with van der Waals surface area (Å²) in [6.45, 7) is 1.96. The molecule has 0 aliphatic heterocycles. The predicted octanol–water partition coefficient (Wildman–Crippen LogP) is 1.22. The average Bonchev–Trinajstić information content (AvgIpc) is 2.82. The van der Waals surface area contributed by atoms with E-state index in [-0.39, 0.29) is 0 Å². The molecule has 0 saturated carbocycles. The summed E-state index contributed by atoms with van der Waals surface area (Å²) in [5.74, 6) is 0.795. The number of aryl methyl sites for hydroxylation is 1. The van der Waals surface area contributed by atoms with Gasteiger partial charge in [0.25, 0.3) is 0 Å². The van der Waals surface area contributed by atoms with Crippen LogP contribution in [-0.2, 0) is 0 Å². The largest absolute Gasteiger partial charge is 0.235 e. The van der Waals surface area contributed by atoms with Gasteiger partial charge in [-0.05, 0) is 19.1 Å². The Bertz CT molecular complexity index is 593. The molecule has 5 nitrogen and oxygen atoms in total. The molecule has 0 bridgehead atoms. The maximum absolute atomic E-state index is 4.32. The Morgan fingerprint density at radius 2 is 2.13 bits per heavy atom. The SMILES string of the molecule is Cc1cc2c(-n3cccn3)nccn2n1. The molecule has 3 aromatic heterocycles. The van der Waals surface area contributed by atoms with Crippen LogP contribution in [-0.4, -0.2) is 24.4 Å². The van der Waals surface area contributed by atoms with Crippen molar-refractivity contribution < 1.29 is 0 Å². The molecule has 0 aromatic carbocycles. The lowest BCUT2D eigenvalue weighted by Gasteiger charge is -2.01. The van der Waals surface area contributed by atoms with Gasteiger partial charge < -0.3 is 0 Å². The quantitative estimate of drug-likeness (QED) is 0.592. The van der Waals surface area contributed by atoms with Crippen molar-refractivity contribution >= 4 is 5.52 Å². The van der Waals surface area contributed by atoms with Crippen molar-refractivity contribution in [3.05, 3.63) is 42.6 Å². The van der Waals surface area contributed by atoms with E-state index >= 15 is 0 Å². The number of nitrogens with zero attached hydrogens (tertiary/aromatic N) is 5. The Morgan fingerprint density at radius 3 is 2.93 bits per heavy atom. The third-order valence-electron chi connectivity index (χ3n) is 2.21. The maximum Gasteiger partial charge on any atom is 0.179 e. The number of hydrogen-bond donors (Lipinski definition) is 0. The Hall–Kier alpha value is -2.17. The first-order valence-corrected chi connectivity index (χ1v) is 4.65. The third kappa shape index (κ3) is 1.20. The molecule has 0 N–H and O–H groups in total. The first kappa shape index (κ1) is 8.16. The molecule has 0 aliphatic carbocycles. The van der Waals surface area contributed by atoms with E-state index in [2.05, 4.69) is 15.2 Å². The van der Waals surface area contributed by atoms with E-state index in [1.165, 1.54) is 0 Å². The lowest BCUT2D eigenvalue weighted by atomic mass is 10.4. The van der Waals surface area contributed by atoms with Crippen LogP contribution in [0.15, 0.2) is 36.9 Å². The average molecular weight is 199 g/mol. The summed E-state index contributed by atoms with van der Waals surface area (Å²) < 4.78 is 3.54. The first-order valence-electron chi connectivity index (χ1n) is 4.65. The number of hydrogen-bond acceptors (Lipinski definition) is 3. The zero-order valence-electron chi connectivity index (χ0n) is 8.20. The minimum absolute atomic E-state index is 0.795. The van der Waals surface area contributed by atoms with Gasteiger partial charge >= 0.3 is 0 Å². The van der Waals surface area contributed by atoms with Crippen LogP contribution in [0.2, 0.25) is 0 Å². The minimum Gasteiger partial charge on any atom is -0.235 e. The van der Waals surface area contributed by atoms with Crippen molar-refractivity contribution in [2.45, 2.75) is 6.92 Å². The normalized spacial score (nSPS) is 11.0. The van der Waals surface area contributed by atoms with Crippen LogP contribution in [0.5, 0.6) is 0 Å². The fourth-order valence-electron chi connectivity index (χ4n) is 1.60. The minimum atomic E-state index is 0.795. The molecule has 5 heteroatoms. The summed E-state index contributed by atoms with van der Waals surface area (Å²) in [6.07, 6.45) is 7.14. The highest BCUT2D eigenvalue weighted by Gasteiger charge is 2.06. The van der Waals surface area contributed by atoms with Gasteiger partial charge in [0, 0.05) is 24.8 Å². The van der Waals surface area contributed by atoms with Crippen LogP contribution in [0.3, 0.4) is 0 Å². The summed E-state index contributed by atoms with van der Waals surface area (Å²) >= 11 is 0. The van der Waals surface area contributed by atoms with Crippen molar-refractivity contribution in [3.63, 3.8) is 0 Å². The number of aromatic nitrogens is 5. The Kier molecular flexibility index (Phi) is 1.58. The zero-order chi connectivity index (χ0) is 10.3. The topological polar surface area (TPSA) is 48.0 Å². The smallest absolute Gasteiger partial charge is 0.179 e. The van der Waals surface area contributed by atoms with Crippen LogP contribution >= 0.6 is 0 Å². The summed E-state index contributed by atoms with van der Waals surface area (Å²) in [4.78, 5) is 4.30. The van der Waals surface area contributed by atoms with E-state index in [0.717, 1.165) is 17.0 Å². The molecule has 0 fully saturated rings. The highest BCUT2D eigenvalue weighted by Crippen LogP contribution is 2.12. The molecule has 15 heavy (non-hydrogen) atoms. The van der Waals surface area contributed by atoms with Crippen LogP contribution in [0, 0.1) is 6.92 Å². The van der Waals surface area contributed by atoms with Gasteiger partial charge in [0.15, 0.2) is 5.82 Å². The van der Waals surface area contributed by atoms with E-state index in [0.29, 0.717) is 0 Å². The van der Waals surface area contributed by atoms with E-state index in [1.54, 1.807) is 21.6 Å². The van der Waals surface area contributed by atoms with Gasteiger partial charge in [0.1, 0.15) is 5.52 Å². The third-order valence-corrected chi connectivity index (χ3v) is 2.21. The Labute approximate surface area is 86.0 Å². The highest BCUT2D eigenvalue weighted by atomic mass is 15.3. The van der Waals surface area contributed by atoms with E-state index in [1.807, 2.05) is 31.5 Å². The van der Waals surface area contributed by atoms with Gasteiger partial charge in [-0.15, -0.1) is 0 Å². The van der Waals surface area contributed by atoms with Gasteiger partial charge in [0.2, 0.25) is 0 Å². The number of fused-ring (bicyclic) bond motifs is 1. The van der Waals surface area contributed by atoms with Crippen molar-refractivity contribution in [2.75, 3.05) is 0 Å². The lowest BCUT2D eigenvalue weighted by molar-refractivity contribution is 0.830. The monoisotopic (exact) mass is 199 g/mol. The molecule has 0 amide bonds. The molecule has 0 aliphatic rings. The highest BCUT2D eigenvalue weighted by molar-refractivity contribution is 5.60. The second-order valence-corrected chi connectivity index (χ2v) is 3.32. The van der Waals surface area contributed by atoms with Crippen LogP contribution in [0.25, 0.3) is 11.3 Å². The second kappa shape index (κ2) is 2.91. The van der Waals surface area contributed by atoms with Gasteiger partial charge in [-0.1, -0.05) is 0 Å². The molecule has 0 radical (unpaired) electrons. The van der Waals surface area contributed by atoms with E-state index < -0.39 is 0 Å². The number of rotatable bonds is 1. The zero-order valence-corrected chi connectivity index (χ0v) is 8.20. The van der Waals surface area contributed by atoms with Crippen molar-refractivity contribution in [3.8, 4) is 5.82 Å². The fraction of sp³-hybridized carbons (Fsp3) is 0.100. The molecular weight excluding hydrogens is 190 g/mol. The molecule has 3 rings (SSSR count). The summed E-state index contributed by atoms with van der Waals surface area (Å²) in [5, 5.41) is 8.48. The summed E-state index contributed by atoms with van der Waals surface area (Å²) in [7, 11) is 0. The predicted molar refractivity (Wildman–Crippen MR) is 54.8 cm³/mol. The van der Waals surface area contributed by atoms with Crippen LogP contribution < -0.4 is 0 Å². The summed E-state index contributed by atoms with van der Waals surface area (Å²) in [5.41, 5.74) is 1.93. The van der Waals surface area contributed by atoms with Crippen LogP contribution in [0.1, 0.15) is 5.69 Å². The van der Waals surface area contributed by atoms with Crippen LogP contribution in [0.4, 0.5) is 0 Å². The van der Waals surface area contributed by atoms with Gasteiger partial charge in [-0.2, -0.15) is 10.2 Å². The Balaban J connectivity index is 2.35. The molecule has 0 atom stereocenters. The Morgan fingerprint density at radius 1 is 1.20 bits per heavy atom. The molecule has 0 unspecified atom stereocenters. The molecule has 0 saturated heterocycles. The van der Waals surface area contributed by atoms with E-state index in [9.17, 15) is 0 Å². The molecule has 74 valence electrons. The maximum atomic E-state index is 4.32. The fourth-order valence-corrected chi connectivity index (χ4v) is 1.60. The molecule has 3 heterocycles. The lowest BCUT2D eigenvalue weighted by Crippen LogP contribution is -2.01. The summed E-state index contributed by atoms with van der Waals surface area (Å²) in [6, 6.07) is 3.86. The van der Waals surface area contributed by atoms with Crippen molar-refractivity contribution in [2.24, 2.45) is 0 Å². The standard InChI is InChI=1S/C10H9N5/c1-8-7-9-10(15-5-2-3-12-15)11-4-6-14(9)13-8/h2-7H,1H3. The van der Waals surface area contributed by atoms with Crippen molar-refractivity contribution in [1.82, 2.24) is 24.4 Å². The molecule has 0 spiro atoms. The van der Waals surface area contributed by atoms with Gasteiger partial charge in [0.05, 0.1) is 5.69 Å².